The Balaban J connectivity index is 2.48. The van der Waals surface area contributed by atoms with Crippen LogP contribution >= 0.6 is 11.6 Å². The minimum absolute atomic E-state index is 0.369. The van der Waals surface area contributed by atoms with Crippen LogP contribution in [0.2, 0.25) is 5.02 Å². The van der Waals surface area contributed by atoms with Gasteiger partial charge in [-0.1, -0.05) is 17.7 Å². The van der Waals surface area contributed by atoms with Crippen molar-refractivity contribution in [1.29, 1.82) is 5.26 Å². The highest BCUT2D eigenvalue weighted by Crippen LogP contribution is 2.48. The van der Waals surface area contributed by atoms with Gasteiger partial charge in [0.25, 0.3) is 0 Å². The van der Waals surface area contributed by atoms with Crippen LogP contribution in [-0.2, 0) is 5.41 Å². The fourth-order valence-electron chi connectivity index (χ4n) is 1.44. The Hall–Kier alpha value is -1.07. The van der Waals surface area contributed by atoms with Crippen molar-refractivity contribution in [3.8, 4) is 6.07 Å². The van der Waals surface area contributed by atoms with E-state index < -0.39 is 5.41 Å². The van der Waals surface area contributed by atoms with Gasteiger partial charge in [0, 0.05) is 10.6 Å². The van der Waals surface area contributed by atoms with Crippen molar-refractivity contribution in [2.24, 2.45) is 0 Å². The number of benzene rings is 1. The lowest BCUT2D eigenvalue weighted by Gasteiger charge is -2.06. The number of hydrogen-bond donors (Lipinski definition) is 0. The summed E-state index contributed by atoms with van der Waals surface area (Å²) in [6, 6.07) is 6.63. The van der Waals surface area contributed by atoms with E-state index >= 15 is 0 Å². The molecule has 1 aliphatic rings. The molecule has 0 spiro atoms. The van der Waals surface area contributed by atoms with Gasteiger partial charge < -0.3 is 0 Å². The van der Waals surface area contributed by atoms with Crippen LogP contribution in [0.3, 0.4) is 0 Å². The highest BCUT2D eigenvalue weighted by molar-refractivity contribution is 6.30. The van der Waals surface area contributed by atoms with E-state index in [1.807, 2.05) is 0 Å². The molecule has 3 heteroatoms. The topological polar surface area (TPSA) is 23.8 Å². The van der Waals surface area contributed by atoms with Crippen LogP contribution in [-0.4, -0.2) is 0 Å². The normalized spacial score (nSPS) is 17.9. The average Bonchev–Trinajstić information content (AvgIpc) is 2.85. The molecular formula is C10H7ClFN. The summed E-state index contributed by atoms with van der Waals surface area (Å²) >= 11 is 5.61. The summed E-state index contributed by atoms with van der Waals surface area (Å²) in [5.74, 6) is -0.369. The van der Waals surface area contributed by atoms with Gasteiger partial charge in [-0.05, 0) is 25.0 Å². The monoisotopic (exact) mass is 195 g/mol. The molecule has 1 nitrogen and oxygen atoms in total. The second kappa shape index (κ2) is 2.71. The van der Waals surface area contributed by atoms with Crippen molar-refractivity contribution in [3.63, 3.8) is 0 Å². The van der Waals surface area contributed by atoms with Gasteiger partial charge in [0.05, 0.1) is 11.5 Å². The van der Waals surface area contributed by atoms with Crippen molar-refractivity contribution in [2.45, 2.75) is 18.3 Å². The van der Waals surface area contributed by atoms with Gasteiger partial charge in [0.15, 0.2) is 0 Å². The van der Waals surface area contributed by atoms with Crippen molar-refractivity contribution in [3.05, 3.63) is 34.6 Å². The molecule has 1 saturated carbocycles. The van der Waals surface area contributed by atoms with E-state index in [2.05, 4.69) is 6.07 Å². The molecule has 2 rings (SSSR count). The molecule has 0 N–H and O–H groups in total. The molecule has 0 aromatic heterocycles. The van der Waals surface area contributed by atoms with Crippen LogP contribution in [0.4, 0.5) is 4.39 Å². The Bertz CT molecular complexity index is 390. The van der Waals surface area contributed by atoms with E-state index in [4.69, 9.17) is 16.9 Å². The van der Waals surface area contributed by atoms with Crippen molar-refractivity contribution in [2.75, 3.05) is 0 Å². The van der Waals surface area contributed by atoms with Crippen molar-refractivity contribution in [1.82, 2.24) is 0 Å². The standard InChI is InChI=1S/C10H7ClFN/c11-7-1-2-8(9(12)5-7)10(6-13)3-4-10/h1-2,5H,3-4H2. The van der Waals surface area contributed by atoms with Gasteiger partial charge >= 0.3 is 0 Å². The van der Waals surface area contributed by atoms with Gasteiger partial charge in [-0.2, -0.15) is 5.26 Å². The molecule has 0 radical (unpaired) electrons. The maximum atomic E-state index is 13.3. The third kappa shape index (κ3) is 1.30. The van der Waals surface area contributed by atoms with Crippen LogP contribution in [0, 0.1) is 17.1 Å². The molecule has 66 valence electrons. The number of nitriles is 1. The number of nitrogens with zero attached hydrogens (tertiary/aromatic N) is 1. The van der Waals surface area contributed by atoms with E-state index in [1.165, 1.54) is 6.07 Å². The molecule has 0 saturated heterocycles. The van der Waals surface area contributed by atoms with E-state index in [-0.39, 0.29) is 5.82 Å². The molecule has 0 atom stereocenters. The van der Waals surface area contributed by atoms with Crippen LogP contribution in [0.5, 0.6) is 0 Å². The first-order valence-corrected chi connectivity index (χ1v) is 4.42. The van der Waals surface area contributed by atoms with E-state index in [0.717, 1.165) is 12.8 Å². The summed E-state index contributed by atoms with van der Waals surface area (Å²) in [6.45, 7) is 0. The quantitative estimate of drug-likeness (QED) is 0.676. The zero-order valence-corrected chi connectivity index (χ0v) is 7.61. The number of rotatable bonds is 1. The lowest BCUT2D eigenvalue weighted by molar-refractivity contribution is 0.599. The van der Waals surface area contributed by atoms with Crippen LogP contribution < -0.4 is 0 Å². The predicted octanol–water partition coefficient (Wildman–Crippen LogP) is 3.03. The van der Waals surface area contributed by atoms with Crippen LogP contribution in [0.25, 0.3) is 0 Å². The number of halogens is 2. The minimum atomic E-state index is -0.561. The summed E-state index contributed by atoms with van der Waals surface area (Å²) in [7, 11) is 0. The van der Waals surface area contributed by atoms with Crippen LogP contribution in [0.1, 0.15) is 18.4 Å². The first-order valence-electron chi connectivity index (χ1n) is 4.05. The molecule has 1 aromatic rings. The SMILES string of the molecule is N#CC1(c2ccc(Cl)cc2F)CC1. The first-order chi connectivity index (χ1) is 6.18. The Kier molecular flexibility index (Phi) is 1.78. The fourth-order valence-corrected chi connectivity index (χ4v) is 1.60. The van der Waals surface area contributed by atoms with Gasteiger partial charge in [-0.15, -0.1) is 0 Å². The Morgan fingerprint density at radius 3 is 2.62 bits per heavy atom. The first kappa shape index (κ1) is 8.52. The average molecular weight is 196 g/mol. The summed E-state index contributed by atoms with van der Waals surface area (Å²) in [4.78, 5) is 0. The zero-order chi connectivity index (χ0) is 9.47. The maximum Gasteiger partial charge on any atom is 0.129 e. The molecule has 0 unspecified atom stereocenters. The Morgan fingerprint density at radius 1 is 1.46 bits per heavy atom. The Labute approximate surface area is 80.7 Å². The second-order valence-electron chi connectivity index (χ2n) is 3.32. The molecule has 13 heavy (non-hydrogen) atoms. The predicted molar refractivity (Wildman–Crippen MR) is 47.9 cm³/mol. The third-order valence-electron chi connectivity index (χ3n) is 2.41. The fraction of sp³-hybridized carbons (Fsp3) is 0.300. The summed E-state index contributed by atoms with van der Waals surface area (Å²) in [5, 5.41) is 9.22. The van der Waals surface area contributed by atoms with Crippen LogP contribution in [0.15, 0.2) is 18.2 Å². The van der Waals surface area contributed by atoms with E-state index in [9.17, 15) is 4.39 Å². The molecule has 0 bridgehead atoms. The number of hydrogen-bond acceptors (Lipinski definition) is 1. The smallest absolute Gasteiger partial charge is 0.129 e. The summed E-state index contributed by atoms with van der Waals surface area (Å²) in [6.07, 6.45) is 1.50. The molecule has 1 aliphatic carbocycles. The molecule has 0 heterocycles. The zero-order valence-electron chi connectivity index (χ0n) is 6.85. The molecule has 1 fully saturated rings. The lowest BCUT2D eigenvalue weighted by atomic mass is 9.97. The van der Waals surface area contributed by atoms with Gasteiger partial charge in [-0.3, -0.25) is 0 Å². The highest BCUT2D eigenvalue weighted by atomic mass is 35.5. The minimum Gasteiger partial charge on any atom is -0.207 e. The highest BCUT2D eigenvalue weighted by Gasteiger charge is 2.46. The largest absolute Gasteiger partial charge is 0.207 e. The van der Waals surface area contributed by atoms with Gasteiger partial charge in [0.2, 0.25) is 0 Å². The van der Waals surface area contributed by atoms with Crippen molar-refractivity contribution >= 4 is 11.6 Å². The Morgan fingerprint density at radius 2 is 2.15 bits per heavy atom. The van der Waals surface area contributed by atoms with E-state index in [0.29, 0.717) is 10.6 Å². The molecule has 0 amide bonds. The molecular weight excluding hydrogens is 189 g/mol. The maximum absolute atomic E-state index is 13.3. The molecule has 0 aliphatic heterocycles. The van der Waals surface area contributed by atoms with Gasteiger partial charge in [-0.25, -0.2) is 4.39 Å². The molecule has 1 aromatic carbocycles. The third-order valence-corrected chi connectivity index (χ3v) is 2.65. The second-order valence-corrected chi connectivity index (χ2v) is 3.75. The lowest BCUT2D eigenvalue weighted by Crippen LogP contribution is -2.05. The van der Waals surface area contributed by atoms with E-state index in [1.54, 1.807) is 12.1 Å². The van der Waals surface area contributed by atoms with Gasteiger partial charge in [0.1, 0.15) is 5.82 Å². The summed E-state index contributed by atoms with van der Waals surface area (Å²) < 4.78 is 13.3. The van der Waals surface area contributed by atoms with Crippen molar-refractivity contribution < 1.29 is 4.39 Å². The summed E-state index contributed by atoms with van der Waals surface area (Å²) in [5.41, 5.74) is -0.0753.